The fourth-order valence-electron chi connectivity index (χ4n) is 2.45. The molecule has 140 valence electrons. The Morgan fingerprint density at radius 2 is 1.70 bits per heavy atom. The van der Waals surface area contributed by atoms with Crippen LogP contribution in [0, 0.1) is 17.2 Å². The Kier molecular flexibility index (Phi) is 6.85. The minimum absolute atomic E-state index is 0.189. The van der Waals surface area contributed by atoms with E-state index in [1.165, 1.54) is 36.4 Å². The van der Waals surface area contributed by atoms with Gasteiger partial charge in [0, 0.05) is 12.1 Å². The van der Waals surface area contributed by atoms with Crippen LogP contribution in [0.5, 0.6) is 0 Å². The lowest BCUT2D eigenvalue weighted by atomic mass is 9.97. The molecule has 2 aromatic rings. The molecular formula is C20H20N2O4S. The van der Waals surface area contributed by atoms with Crippen LogP contribution in [0.25, 0.3) is 0 Å². The van der Waals surface area contributed by atoms with Crippen LogP contribution in [-0.2, 0) is 20.4 Å². The molecule has 0 aliphatic heterocycles. The third kappa shape index (κ3) is 5.25. The second kappa shape index (κ2) is 9.10. The van der Waals surface area contributed by atoms with Crippen molar-refractivity contribution >= 4 is 21.5 Å². The summed E-state index contributed by atoms with van der Waals surface area (Å²) in [5.41, 5.74) is 0.702. The molecule has 7 heteroatoms. The summed E-state index contributed by atoms with van der Waals surface area (Å²) in [5.74, 6) is -2.86. The van der Waals surface area contributed by atoms with Crippen molar-refractivity contribution in [3.05, 3.63) is 65.7 Å². The van der Waals surface area contributed by atoms with E-state index < -0.39 is 27.4 Å². The van der Waals surface area contributed by atoms with E-state index in [0.717, 1.165) is 0 Å². The smallest absolute Gasteiger partial charge is 0.245 e. The summed E-state index contributed by atoms with van der Waals surface area (Å²) < 4.78 is 24.8. The molecule has 0 bridgehead atoms. The number of ketones is 1. The highest BCUT2D eigenvalue weighted by molar-refractivity contribution is 7.90. The molecule has 0 saturated carbocycles. The van der Waals surface area contributed by atoms with Gasteiger partial charge < -0.3 is 5.32 Å². The summed E-state index contributed by atoms with van der Waals surface area (Å²) in [7, 11) is -3.49. The average Bonchev–Trinajstić information content (AvgIpc) is 2.67. The van der Waals surface area contributed by atoms with Crippen LogP contribution >= 0.6 is 0 Å². The molecule has 27 heavy (non-hydrogen) atoms. The molecule has 2 rings (SSSR count). The zero-order chi connectivity index (χ0) is 19.9. The summed E-state index contributed by atoms with van der Waals surface area (Å²) in [6, 6.07) is 15.7. The number of nitrogens with one attached hydrogen (secondary N) is 1. The number of nitriles is 1. The molecule has 0 aliphatic carbocycles. The van der Waals surface area contributed by atoms with Crippen molar-refractivity contribution in [2.45, 2.75) is 24.0 Å². The molecule has 6 nitrogen and oxygen atoms in total. The highest BCUT2D eigenvalue weighted by Gasteiger charge is 2.27. The van der Waals surface area contributed by atoms with Crippen molar-refractivity contribution in [3.8, 4) is 6.07 Å². The van der Waals surface area contributed by atoms with Crippen molar-refractivity contribution in [3.63, 3.8) is 0 Å². The molecule has 0 aliphatic rings. The fourth-order valence-corrected chi connectivity index (χ4v) is 3.82. The molecule has 0 aromatic heterocycles. The molecule has 0 spiro atoms. The number of nitrogens with zero attached hydrogens (tertiary/aromatic N) is 1. The van der Waals surface area contributed by atoms with E-state index in [0.29, 0.717) is 18.5 Å². The van der Waals surface area contributed by atoms with Gasteiger partial charge in [0.25, 0.3) is 0 Å². The second-order valence-electron chi connectivity index (χ2n) is 5.99. The van der Waals surface area contributed by atoms with Crippen LogP contribution in [0.4, 0.5) is 0 Å². The van der Waals surface area contributed by atoms with Gasteiger partial charge >= 0.3 is 0 Å². The van der Waals surface area contributed by atoms with Crippen molar-refractivity contribution in [1.29, 1.82) is 5.26 Å². The first-order valence-corrected chi connectivity index (χ1v) is 10.1. The van der Waals surface area contributed by atoms with Crippen LogP contribution in [0.15, 0.2) is 59.5 Å². The first kappa shape index (κ1) is 20.3. The van der Waals surface area contributed by atoms with E-state index in [1.54, 1.807) is 24.3 Å². The first-order chi connectivity index (χ1) is 12.9. The van der Waals surface area contributed by atoms with E-state index in [4.69, 9.17) is 5.26 Å². The van der Waals surface area contributed by atoms with Gasteiger partial charge in [-0.15, -0.1) is 0 Å². The van der Waals surface area contributed by atoms with Gasteiger partial charge in [0.15, 0.2) is 21.5 Å². The number of carbonyl (C=O) groups excluding carboxylic acids is 2. The number of benzene rings is 2. The van der Waals surface area contributed by atoms with Crippen LogP contribution in [0.3, 0.4) is 0 Å². The molecule has 0 radical (unpaired) electrons. The SMILES string of the molecule is CCCNC(=O)C(C#N)C(=O)c1ccc(CS(=O)(=O)c2ccccc2)cc1. The predicted octanol–water partition coefficient (Wildman–Crippen LogP) is 2.51. The zero-order valence-corrected chi connectivity index (χ0v) is 15.7. The molecule has 0 saturated heterocycles. The Morgan fingerprint density at radius 1 is 1.07 bits per heavy atom. The largest absolute Gasteiger partial charge is 0.355 e. The van der Waals surface area contributed by atoms with Crippen LogP contribution < -0.4 is 5.32 Å². The summed E-state index contributed by atoms with van der Waals surface area (Å²) >= 11 is 0. The van der Waals surface area contributed by atoms with Gasteiger partial charge in [0.05, 0.1) is 16.7 Å². The van der Waals surface area contributed by atoms with E-state index in [9.17, 15) is 18.0 Å². The highest BCUT2D eigenvalue weighted by atomic mass is 32.2. The highest BCUT2D eigenvalue weighted by Crippen LogP contribution is 2.17. The van der Waals surface area contributed by atoms with Crippen molar-refractivity contribution in [1.82, 2.24) is 5.32 Å². The Hall–Kier alpha value is -2.98. The van der Waals surface area contributed by atoms with E-state index >= 15 is 0 Å². The zero-order valence-electron chi connectivity index (χ0n) is 14.9. The number of hydrogen-bond acceptors (Lipinski definition) is 5. The maximum atomic E-state index is 12.4. The minimum Gasteiger partial charge on any atom is -0.355 e. The molecule has 1 atom stereocenters. The molecule has 1 unspecified atom stereocenters. The second-order valence-corrected chi connectivity index (χ2v) is 7.98. The molecule has 1 amide bonds. The topological polar surface area (TPSA) is 104 Å². The van der Waals surface area contributed by atoms with E-state index in [-0.39, 0.29) is 16.2 Å². The van der Waals surface area contributed by atoms with Gasteiger partial charge in [-0.25, -0.2) is 8.42 Å². The summed E-state index contributed by atoms with van der Waals surface area (Å²) in [6.07, 6.45) is 0.697. The quantitative estimate of drug-likeness (QED) is 0.556. The van der Waals surface area contributed by atoms with Crippen molar-refractivity contribution in [2.24, 2.45) is 5.92 Å². The first-order valence-electron chi connectivity index (χ1n) is 8.47. The Bertz CT molecular complexity index is 946. The summed E-state index contributed by atoms with van der Waals surface area (Å²) in [5, 5.41) is 11.7. The van der Waals surface area contributed by atoms with Gasteiger partial charge in [-0.2, -0.15) is 5.26 Å². The molecule has 0 heterocycles. The normalized spacial score (nSPS) is 12.0. The molecule has 0 fully saturated rings. The minimum atomic E-state index is -3.49. The van der Waals surface area contributed by atoms with Gasteiger partial charge in [-0.05, 0) is 24.1 Å². The maximum absolute atomic E-state index is 12.4. The molecule has 1 N–H and O–H groups in total. The van der Waals surface area contributed by atoms with Gasteiger partial charge in [-0.3, -0.25) is 9.59 Å². The van der Waals surface area contributed by atoms with Crippen molar-refractivity contribution < 1.29 is 18.0 Å². The Morgan fingerprint density at radius 3 is 2.26 bits per heavy atom. The van der Waals surface area contributed by atoms with Crippen LogP contribution in [-0.4, -0.2) is 26.7 Å². The summed E-state index contributed by atoms with van der Waals surface area (Å²) in [6.45, 7) is 2.26. The average molecular weight is 384 g/mol. The number of hydrogen-bond donors (Lipinski definition) is 1. The fraction of sp³-hybridized carbons (Fsp3) is 0.250. The number of carbonyl (C=O) groups is 2. The van der Waals surface area contributed by atoms with Gasteiger partial charge in [-0.1, -0.05) is 49.4 Å². The number of Topliss-reactive ketones (excluding diaryl/α,β-unsaturated/α-hetero) is 1. The van der Waals surface area contributed by atoms with E-state index in [1.807, 2.05) is 6.92 Å². The van der Waals surface area contributed by atoms with Gasteiger partial charge in [0.1, 0.15) is 0 Å². The number of sulfone groups is 1. The lowest BCUT2D eigenvalue weighted by Gasteiger charge is -2.10. The monoisotopic (exact) mass is 384 g/mol. The third-order valence-electron chi connectivity index (χ3n) is 3.90. The van der Waals surface area contributed by atoms with Crippen molar-refractivity contribution in [2.75, 3.05) is 6.54 Å². The Balaban J connectivity index is 2.13. The third-order valence-corrected chi connectivity index (χ3v) is 5.60. The standard InChI is InChI=1S/C20H20N2O4S/c1-2-12-22-20(24)18(13-21)19(23)16-10-8-15(9-11-16)14-27(25,26)17-6-4-3-5-7-17/h3-11,18H,2,12,14H2,1H3,(H,22,24). The Labute approximate surface area is 158 Å². The van der Waals surface area contributed by atoms with Crippen LogP contribution in [0.1, 0.15) is 29.3 Å². The molecule has 2 aromatic carbocycles. The van der Waals surface area contributed by atoms with Gasteiger partial charge in [0.2, 0.25) is 5.91 Å². The number of rotatable bonds is 8. The lowest BCUT2D eigenvalue weighted by Crippen LogP contribution is -2.35. The predicted molar refractivity (Wildman–Crippen MR) is 101 cm³/mol. The lowest BCUT2D eigenvalue weighted by molar-refractivity contribution is -0.122. The summed E-state index contributed by atoms with van der Waals surface area (Å²) in [4.78, 5) is 24.5. The van der Waals surface area contributed by atoms with Crippen LogP contribution in [0.2, 0.25) is 0 Å². The maximum Gasteiger partial charge on any atom is 0.245 e. The number of amides is 1. The molecular weight excluding hydrogens is 364 g/mol. The van der Waals surface area contributed by atoms with E-state index in [2.05, 4.69) is 5.32 Å².